The van der Waals surface area contributed by atoms with E-state index >= 15 is 0 Å². The molecule has 0 unspecified atom stereocenters. The maximum atomic E-state index is 11.1. The van der Waals surface area contributed by atoms with Gasteiger partial charge in [0.2, 0.25) is 0 Å². The predicted molar refractivity (Wildman–Crippen MR) is 68.0 cm³/mol. The van der Waals surface area contributed by atoms with Crippen LogP contribution >= 0.6 is 11.8 Å². The van der Waals surface area contributed by atoms with Gasteiger partial charge in [-0.15, -0.1) is 0 Å². The number of carbonyl (C=O) groups excluding carboxylic acids is 1. The van der Waals surface area contributed by atoms with Crippen LogP contribution in [0.4, 0.5) is 5.82 Å². The molecule has 0 saturated heterocycles. The van der Waals surface area contributed by atoms with Crippen LogP contribution in [-0.2, 0) is 9.53 Å². The van der Waals surface area contributed by atoms with Crippen LogP contribution in [0.25, 0.3) is 0 Å². The molecule has 0 bridgehead atoms. The van der Waals surface area contributed by atoms with Crippen molar-refractivity contribution in [2.45, 2.75) is 31.7 Å². The zero-order valence-corrected chi connectivity index (χ0v) is 11.3. The van der Waals surface area contributed by atoms with E-state index in [2.05, 4.69) is 14.7 Å². The van der Waals surface area contributed by atoms with Gasteiger partial charge in [0.15, 0.2) is 0 Å². The first-order valence-corrected chi connectivity index (χ1v) is 6.27. The van der Waals surface area contributed by atoms with Gasteiger partial charge in [0, 0.05) is 11.5 Å². The number of nitrogens with zero attached hydrogens (tertiary/aromatic N) is 2. The summed E-state index contributed by atoms with van der Waals surface area (Å²) in [6.45, 7) is 5.84. The minimum Gasteiger partial charge on any atom is -0.468 e. The fraction of sp³-hybridized carbons (Fsp3) is 0.545. The van der Waals surface area contributed by atoms with Gasteiger partial charge in [0.25, 0.3) is 0 Å². The van der Waals surface area contributed by atoms with Crippen molar-refractivity contribution in [3.05, 3.63) is 11.4 Å². The van der Waals surface area contributed by atoms with Crippen molar-refractivity contribution in [2.24, 2.45) is 0 Å². The van der Waals surface area contributed by atoms with Crippen molar-refractivity contribution in [2.75, 3.05) is 18.6 Å². The summed E-state index contributed by atoms with van der Waals surface area (Å²) in [6, 6.07) is 0. The monoisotopic (exact) mass is 255 g/mol. The molecule has 0 radical (unpaired) electrons. The molecule has 0 saturated carbocycles. The highest BCUT2D eigenvalue weighted by molar-refractivity contribution is 7.99. The fourth-order valence-electron chi connectivity index (χ4n) is 1.11. The maximum absolute atomic E-state index is 11.1. The lowest BCUT2D eigenvalue weighted by Gasteiger charge is -2.10. The number of hydrogen-bond donors (Lipinski definition) is 1. The first kappa shape index (κ1) is 13.8. The summed E-state index contributed by atoms with van der Waals surface area (Å²) in [6.07, 6.45) is 0. The molecule has 0 aromatic carbocycles. The Morgan fingerprint density at radius 3 is 2.65 bits per heavy atom. The molecule has 0 fully saturated rings. The van der Waals surface area contributed by atoms with E-state index in [9.17, 15) is 4.79 Å². The third-order valence-corrected chi connectivity index (χ3v) is 3.28. The van der Waals surface area contributed by atoms with E-state index in [-0.39, 0.29) is 17.6 Å². The highest BCUT2D eigenvalue weighted by Gasteiger charge is 2.13. The molecular formula is C11H17N3O2S. The molecule has 2 N–H and O–H groups in total. The van der Waals surface area contributed by atoms with Crippen molar-refractivity contribution in [3.63, 3.8) is 0 Å². The van der Waals surface area contributed by atoms with Crippen LogP contribution in [0.15, 0.2) is 5.03 Å². The lowest BCUT2D eigenvalue weighted by molar-refractivity contribution is -0.137. The molecule has 0 aliphatic rings. The Bertz CT molecular complexity index is 421. The summed E-state index contributed by atoms with van der Waals surface area (Å²) in [4.78, 5) is 19.7. The van der Waals surface area contributed by atoms with E-state index in [1.54, 1.807) is 0 Å². The summed E-state index contributed by atoms with van der Waals surface area (Å²) >= 11 is 1.32. The largest absolute Gasteiger partial charge is 0.468 e. The number of rotatable bonds is 4. The molecule has 0 spiro atoms. The Balaban J connectivity index is 2.93. The average molecular weight is 255 g/mol. The van der Waals surface area contributed by atoms with Gasteiger partial charge in [-0.3, -0.25) is 4.79 Å². The number of anilines is 1. The molecule has 1 aromatic heterocycles. The Morgan fingerprint density at radius 1 is 1.47 bits per heavy atom. The lowest BCUT2D eigenvalue weighted by Crippen LogP contribution is -2.08. The molecule has 6 heteroatoms. The maximum Gasteiger partial charge on any atom is 0.316 e. The van der Waals surface area contributed by atoms with Gasteiger partial charge >= 0.3 is 5.97 Å². The number of hydrogen-bond acceptors (Lipinski definition) is 6. The SMILES string of the molecule is COC(=O)CSc1nc(C(C)C)nc(N)c1C. The van der Waals surface area contributed by atoms with Crippen LogP contribution in [0.5, 0.6) is 0 Å². The van der Waals surface area contributed by atoms with E-state index < -0.39 is 0 Å². The number of aromatic nitrogens is 2. The van der Waals surface area contributed by atoms with Crippen molar-refractivity contribution in [3.8, 4) is 0 Å². The third-order valence-electron chi connectivity index (χ3n) is 2.23. The molecule has 5 nitrogen and oxygen atoms in total. The van der Waals surface area contributed by atoms with Gasteiger partial charge in [-0.25, -0.2) is 9.97 Å². The standard InChI is InChI=1S/C11H17N3O2S/c1-6(2)10-13-9(12)7(3)11(14-10)17-5-8(15)16-4/h6H,5H2,1-4H3,(H2,12,13,14). The molecule has 1 rings (SSSR count). The zero-order valence-electron chi connectivity index (χ0n) is 10.5. The van der Waals surface area contributed by atoms with Gasteiger partial charge in [-0.1, -0.05) is 25.6 Å². The number of methoxy groups -OCH3 is 1. The molecule has 0 amide bonds. The molecule has 1 aromatic rings. The molecular weight excluding hydrogens is 238 g/mol. The summed E-state index contributed by atoms with van der Waals surface area (Å²) in [7, 11) is 1.36. The number of esters is 1. The summed E-state index contributed by atoms with van der Waals surface area (Å²) in [5, 5.41) is 0.742. The van der Waals surface area contributed by atoms with E-state index in [0.717, 1.165) is 10.6 Å². The van der Waals surface area contributed by atoms with Gasteiger partial charge < -0.3 is 10.5 Å². The van der Waals surface area contributed by atoms with Crippen molar-refractivity contribution < 1.29 is 9.53 Å². The Hall–Kier alpha value is -1.30. The van der Waals surface area contributed by atoms with Crippen LogP contribution in [0.2, 0.25) is 0 Å². The highest BCUT2D eigenvalue weighted by Crippen LogP contribution is 2.25. The Labute approximate surface area is 105 Å². The van der Waals surface area contributed by atoms with Crippen molar-refractivity contribution in [1.29, 1.82) is 0 Å². The topological polar surface area (TPSA) is 78.1 Å². The Morgan fingerprint density at radius 2 is 2.12 bits per heavy atom. The second-order valence-electron chi connectivity index (χ2n) is 3.92. The van der Waals surface area contributed by atoms with E-state index in [0.29, 0.717) is 11.6 Å². The zero-order chi connectivity index (χ0) is 13.0. The number of ether oxygens (including phenoxy) is 1. The van der Waals surface area contributed by atoms with E-state index in [1.165, 1.54) is 18.9 Å². The van der Waals surface area contributed by atoms with Crippen molar-refractivity contribution >= 4 is 23.5 Å². The second kappa shape index (κ2) is 5.86. The van der Waals surface area contributed by atoms with Crippen LogP contribution in [-0.4, -0.2) is 28.8 Å². The molecule has 0 aliphatic carbocycles. The molecule has 1 heterocycles. The minimum absolute atomic E-state index is 0.204. The van der Waals surface area contributed by atoms with E-state index in [1.807, 2.05) is 20.8 Å². The summed E-state index contributed by atoms with van der Waals surface area (Å²) < 4.78 is 4.59. The van der Waals surface area contributed by atoms with Gasteiger partial charge in [0.05, 0.1) is 12.9 Å². The minimum atomic E-state index is -0.280. The van der Waals surface area contributed by atoms with Crippen LogP contribution in [0, 0.1) is 6.92 Å². The average Bonchev–Trinajstić information content (AvgIpc) is 2.30. The normalized spacial score (nSPS) is 10.6. The number of nitrogens with two attached hydrogens (primary N) is 1. The molecule has 0 atom stereocenters. The summed E-state index contributed by atoms with van der Waals surface area (Å²) in [5.74, 6) is 1.32. The Kier molecular flexibility index (Phi) is 4.74. The highest BCUT2D eigenvalue weighted by atomic mass is 32.2. The molecule has 0 aliphatic heterocycles. The van der Waals surface area contributed by atoms with Crippen LogP contribution in [0.1, 0.15) is 31.2 Å². The predicted octanol–water partition coefficient (Wildman–Crippen LogP) is 1.76. The quantitative estimate of drug-likeness (QED) is 0.502. The fourth-order valence-corrected chi connectivity index (χ4v) is 1.97. The molecule has 17 heavy (non-hydrogen) atoms. The van der Waals surface area contributed by atoms with Crippen LogP contribution in [0.3, 0.4) is 0 Å². The van der Waals surface area contributed by atoms with Gasteiger partial charge in [-0.05, 0) is 6.92 Å². The first-order chi connectivity index (χ1) is 7.95. The van der Waals surface area contributed by atoms with Crippen molar-refractivity contribution in [1.82, 2.24) is 9.97 Å². The van der Waals surface area contributed by atoms with Crippen LogP contribution < -0.4 is 5.73 Å². The number of nitrogen functional groups attached to an aromatic ring is 1. The number of thioether (sulfide) groups is 1. The second-order valence-corrected chi connectivity index (χ2v) is 4.88. The first-order valence-electron chi connectivity index (χ1n) is 5.29. The summed E-state index contributed by atoms with van der Waals surface area (Å²) in [5.41, 5.74) is 6.63. The van der Waals surface area contributed by atoms with E-state index in [4.69, 9.17) is 5.73 Å². The third kappa shape index (κ3) is 3.59. The molecule has 94 valence electrons. The number of carbonyl (C=O) groups is 1. The smallest absolute Gasteiger partial charge is 0.316 e. The van der Waals surface area contributed by atoms with Gasteiger partial charge in [0.1, 0.15) is 16.7 Å². The van der Waals surface area contributed by atoms with Gasteiger partial charge in [-0.2, -0.15) is 0 Å². The lowest BCUT2D eigenvalue weighted by atomic mass is 10.2.